The highest BCUT2D eigenvalue weighted by molar-refractivity contribution is 5.83. The van der Waals surface area contributed by atoms with Crippen LogP contribution in [-0.2, 0) is 9.59 Å². The highest BCUT2D eigenvalue weighted by atomic mass is 16.4. The first-order valence-corrected chi connectivity index (χ1v) is 6.00. The fourth-order valence-electron chi connectivity index (χ4n) is 1.86. The third-order valence-corrected chi connectivity index (χ3v) is 2.89. The van der Waals surface area contributed by atoms with E-state index in [4.69, 9.17) is 10.2 Å². The number of rotatable bonds is 5. The molecule has 0 saturated carbocycles. The Morgan fingerprint density at radius 2 is 1.72 bits per heavy atom. The zero-order valence-corrected chi connectivity index (χ0v) is 10.1. The van der Waals surface area contributed by atoms with Crippen molar-refractivity contribution >= 4 is 18.0 Å². The smallest absolute Gasteiger partial charge is 0.326 e. The number of piperidine rings is 1. The first-order chi connectivity index (χ1) is 8.50. The van der Waals surface area contributed by atoms with Crippen LogP contribution in [0.5, 0.6) is 0 Å². The van der Waals surface area contributed by atoms with Crippen LogP contribution in [0.1, 0.15) is 32.1 Å². The molecular formula is C11H18N2O5. The second kappa shape index (κ2) is 6.83. The molecule has 3 N–H and O–H groups in total. The molecule has 1 rings (SSSR count). The molecule has 0 radical (unpaired) electrons. The van der Waals surface area contributed by atoms with E-state index < -0.39 is 24.0 Å². The molecule has 1 atom stereocenters. The minimum atomic E-state index is -1.21. The number of urea groups is 1. The maximum absolute atomic E-state index is 11.8. The van der Waals surface area contributed by atoms with Crippen LogP contribution in [0, 0.1) is 0 Å². The summed E-state index contributed by atoms with van der Waals surface area (Å²) in [6.07, 6.45) is 2.52. The van der Waals surface area contributed by atoms with Gasteiger partial charge >= 0.3 is 18.0 Å². The van der Waals surface area contributed by atoms with Crippen molar-refractivity contribution in [3.05, 3.63) is 0 Å². The Hall–Kier alpha value is -1.79. The van der Waals surface area contributed by atoms with E-state index >= 15 is 0 Å². The largest absolute Gasteiger partial charge is 0.481 e. The molecule has 1 heterocycles. The number of likely N-dealkylation sites (tertiary alicyclic amines) is 1. The van der Waals surface area contributed by atoms with E-state index in [1.165, 1.54) is 0 Å². The summed E-state index contributed by atoms with van der Waals surface area (Å²) in [6.45, 7) is 1.24. The average Bonchev–Trinajstić information content (AvgIpc) is 2.34. The van der Waals surface area contributed by atoms with Crippen LogP contribution in [0.2, 0.25) is 0 Å². The van der Waals surface area contributed by atoms with E-state index in [0.717, 1.165) is 19.3 Å². The maximum atomic E-state index is 11.8. The molecule has 2 amide bonds. The van der Waals surface area contributed by atoms with Crippen LogP contribution >= 0.6 is 0 Å². The van der Waals surface area contributed by atoms with Gasteiger partial charge in [-0.2, -0.15) is 0 Å². The second-order valence-corrected chi connectivity index (χ2v) is 4.32. The standard InChI is InChI=1S/C11H18N2O5/c14-9(15)5-4-8(10(16)17)12-11(18)13-6-2-1-3-7-13/h8H,1-7H2,(H,12,18)(H,14,15)(H,16,17). The lowest BCUT2D eigenvalue weighted by Crippen LogP contribution is -2.49. The van der Waals surface area contributed by atoms with E-state index in [0.29, 0.717) is 13.1 Å². The molecule has 0 aromatic carbocycles. The third-order valence-electron chi connectivity index (χ3n) is 2.89. The van der Waals surface area contributed by atoms with Gasteiger partial charge in [0.1, 0.15) is 6.04 Å². The molecule has 1 saturated heterocycles. The van der Waals surface area contributed by atoms with Crippen molar-refractivity contribution in [3.63, 3.8) is 0 Å². The number of carbonyl (C=O) groups excluding carboxylic acids is 1. The van der Waals surface area contributed by atoms with E-state index in [-0.39, 0.29) is 12.8 Å². The van der Waals surface area contributed by atoms with Crippen molar-refractivity contribution in [2.75, 3.05) is 13.1 Å². The highest BCUT2D eigenvalue weighted by Gasteiger charge is 2.24. The molecule has 0 aliphatic carbocycles. The van der Waals surface area contributed by atoms with Crippen LogP contribution < -0.4 is 5.32 Å². The van der Waals surface area contributed by atoms with Crippen molar-refractivity contribution in [2.24, 2.45) is 0 Å². The summed E-state index contributed by atoms with van der Waals surface area (Å²) in [5.74, 6) is -2.28. The van der Waals surface area contributed by atoms with Gasteiger partial charge in [0.15, 0.2) is 0 Å². The fraction of sp³-hybridized carbons (Fsp3) is 0.727. The summed E-state index contributed by atoms with van der Waals surface area (Å²) in [5, 5.41) is 19.8. The lowest BCUT2D eigenvalue weighted by atomic mass is 10.1. The number of aliphatic carboxylic acids is 2. The Morgan fingerprint density at radius 1 is 1.11 bits per heavy atom. The van der Waals surface area contributed by atoms with Crippen LogP contribution in [0.4, 0.5) is 4.79 Å². The molecule has 0 aromatic heterocycles. The minimum Gasteiger partial charge on any atom is -0.481 e. The number of amides is 2. The molecular weight excluding hydrogens is 240 g/mol. The summed E-state index contributed by atoms with van der Waals surface area (Å²) >= 11 is 0. The quantitative estimate of drug-likeness (QED) is 0.665. The van der Waals surface area contributed by atoms with E-state index in [1.807, 2.05) is 0 Å². The van der Waals surface area contributed by atoms with Crippen molar-refractivity contribution < 1.29 is 24.6 Å². The molecule has 1 fully saturated rings. The SMILES string of the molecule is O=C(O)CCC(NC(=O)N1CCCCC1)C(=O)O. The molecule has 1 unspecified atom stereocenters. The molecule has 102 valence electrons. The Morgan fingerprint density at radius 3 is 2.22 bits per heavy atom. The molecule has 0 aromatic rings. The van der Waals surface area contributed by atoms with Crippen molar-refractivity contribution in [3.8, 4) is 0 Å². The predicted octanol–water partition coefficient (Wildman–Crippen LogP) is 0.500. The first kappa shape index (κ1) is 14.3. The predicted molar refractivity (Wildman–Crippen MR) is 62.2 cm³/mol. The Labute approximate surface area is 105 Å². The topological polar surface area (TPSA) is 107 Å². The van der Waals surface area contributed by atoms with Crippen molar-refractivity contribution in [1.29, 1.82) is 0 Å². The second-order valence-electron chi connectivity index (χ2n) is 4.32. The number of hydrogen-bond acceptors (Lipinski definition) is 3. The van der Waals surface area contributed by atoms with Gasteiger partial charge in [-0.3, -0.25) is 4.79 Å². The van der Waals surface area contributed by atoms with Crippen LogP contribution in [0.25, 0.3) is 0 Å². The summed E-state index contributed by atoms with van der Waals surface area (Å²) in [7, 11) is 0. The van der Waals surface area contributed by atoms with Gasteiger partial charge in [0.25, 0.3) is 0 Å². The van der Waals surface area contributed by atoms with Gasteiger partial charge in [-0.25, -0.2) is 9.59 Å². The zero-order valence-electron chi connectivity index (χ0n) is 10.1. The zero-order chi connectivity index (χ0) is 13.5. The van der Waals surface area contributed by atoms with Gasteiger partial charge in [-0.15, -0.1) is 0 Å². The number of hydrogen-bond donors (Lipinski definition) is 3. The lowest BCUT2D eigenvalue weighted by Gasteiger charge is -2.28. The summed E-state index contributed by atoms with van der Waals surface area (Å²) in [6, 6.07) is -1.57. The Balaban J connectivity index is 2.46. The molecule has 7 heteroatoms. The highest BCUT2D eigenvalue weighted by Crippen LogP contribution is 2.09. The lowest BCUT2D eigenvalue weighted by molar-refractivity contribution is -0.140. The van der Waals surface area contributed by atoms with Crippen LogP contribution in [0.3, 0.4) is 0 Å². The molecule has 0 spiro atoms. The van der Waals surface area contributed by atoms with Crippen LogP contribution in [0.15, 0.2) is 0 Å². The average molecular weight is 258 g/mol. The number of carboxylic acid groups (broad SMARTS) is 2. The van der Waals surface area contributed by atoms with Gasteiger partial charge in [0.05, 0.1) is 0 Å². The number of nitrogens with zero attached hydrogens (tertiary/aromatic N) is 1. The number of nitrogens with one attached hydrogen (secondary N) is 1. The fourth-order valence-corrected chi connectivity index (χ4v) is 1.86. The van der Waals surface area contributed by atoms with E-state index in [2.05, 4.69) is 5.32 Å². The molecule has 7 nitrogen and oxygen atoms in total. The summed E-state index contributed by atoms with van der Waals surface area (Å²) in [4.78, 5) is 34.6. The monoisotopic (exact) mass is 258 g/mol. The third kappa shape index (κ3) is 4.60. The van der Waals surface area contributed by atoms with Crippen molar-refractivity contribution in [2.45, 2.75) is 38.1 Å². The molecule has 0 bridgehead atoms. The summed E-state index contributed by atoms with van der Waals surface area (Å²) < 4.78 is 0. The Bertz CT molecular complexity index is 325. The van der Waals surface area contributed by atoms with Gasteiger partial charge in [0.2, 0.25) is 0 Å². The number of carbonyl (C=O) groups is 3. The normalized spacial score (nSPS) is 17.0. The minimum absolute atomic E-state index is 0.107. The van der Waals surface area contributed by atoms with Gasteiger partial charge in [-0.1, -0.05) is 0 Å². The first-order valence-electron chi connectivity index (χ1n) is 6.00. The van der Waals surface area contributed by atoms with Gasteiger partial charge in [0, 0.05) is 19.5 Å². The molecule has 1 aliphatic heterocycles. The van der Waals surface area contributed by atoms with E-state index in [1.54, 1.807) is 4.90 Å². The van der Waals surface area contributed by atoms with E-state index in [9.17, 15) is 14.4 Å². The summed E-state index contributed by atoms with van der Waals surface area (Å²) in [5.41, 5.74) is 0. The Kier molecular flexibility index (Phi) is 5.41. The van der Waals surface area contributed by atoms with Crippen LogP contribution in [-0.4, -0.2) is 52.2 Å². The maximum Gasteiger partial charge on any atom is 0.326 e. The van der Waals surface area contributed by atoms with Gasteiger partial charge in [-0.05, 0) is 25.7 Å². The van der Waals surface area contributed by atoms with Crippen molar-refractivity contribution in [1.82, 2.24) is 10.2 Å². The molecule has 18 heavy (non-hydrogen) atoms. The number of carboxylic acids is 2. The molecule has 1 aliphatic rings. The van der Waals surface area contributed by atoms with Gasteiger partial charge < -0.3 is 20.4 Å².